The molecule has 94 valence electrons. The molecule has 0 bridgehead atoms. The fourth-order valence-electron chi connectivity index (χ4n) is 2.71. The van der Waals surface area contributed by atoms with Crippen LogP contribution in [0.15, 0.2) is 0 Å². The Labute approximate surface area is 104 Å². The summed E-state index contributed by atoms with van der Waals surface area (Å²) in [4.78, 5) is 4.89. The summed E-state index contributed by atoms with van der Waals surface area (Å²) in [6, 6.07) is 0. The van der Waals surface area contributed by atoms with Crippen LogP contribution in [0.25, 0.3) is 0 Å². The lowest BCUT2D eigenvalue weighted by Gasteiger charge is -2.37. The largest absolute Gasteiger partial charge is 0.374 e. The van der Waals surface area contributed by atoms with Crippen molar-refractivity contribution >= 4 is 11.6 Å². The lowest BCUT2D eigenvalue weighted by molar-refractivity contribution is -0.0398. The molecule has 2 saturated heterocycles. The van der Waals surface area contributed by atoms with Crippen LogP contribution in [-0.4, -0.2) is 68.2 Å². The van der Waals surface area contributed by atoms with Crippen LogP contribution in [0.3, 0.4) is 0 Å². The van der Waals surface area contributed by atoms with Crippen molar-refractivity contribution in [2.24, 2.45) is 5.92 Å². The fraction of sp³-hybridized carbons (Fsp3) is 1.00. The zero-order valence-electron chi connectivity index (χ0n) is 10.2. The maximum atomic E-state index is 5.95. The standard InChI is InChI=1S/C12H23ClN2O/c1-14-5-6-16-12(9-14)10-15-4-2-3-11(7-13)8-15/h11-12H,2-10H2,1H3. The topological polar surface area (TPSA) is 15.7 Å². The summed E-state index contributed by atoms with van der Waals surface area (Å²) in [5, 5.41) is 0. The van der Waals surface area contributed by atoms with Crippen molar-refractivity contribution < 1.29 is 4.74 Å². The number of piperidine rings is 1. The number of morpholine rings is 1. The Bertz CT molecular complexity index is 215. The van der Waals surface area contributed by atoms with Gasteiger partial charge in [-0.05, 0) is 32.4 Å². The molecule has 2 rings (SSSR count). The predicted molar refractivity (Wildman–Crippen MR) is 67.1 cm³/mol. The molecule has 0 aromatic heterocycles. The fourth-order valence-corrected chi connectivity index (χ4v) is 2.96. The van der Waals surface area contributed by atoms with Gasteiger partial charge in [0.2, 0.25) is 0 Å². The summed E-state index contributed by atoms with van der Waals surface area (Å²) in [5.41, 5.74) is 0. The van der Waals surface area contributed by atoms with Gasteiger partial charge in [-0.25, -0.2) is 0 Å². The third-order valence-corrected chi connectivity index (χ3v) is 4.06. The van der Waals surface area contributed by atoms with E-state index in [-0.39, 0.29) is 0 Å². The van der Waals surface area contributed by atoms with Gasteiger partial charge in [-0.2, -0.15) is 0 Å². The van der Waals surface area contributed by atoms with E-state index in [9.17, 15) is 0 Å². The smallest absolute Gasteiger partial charge is 0.0829 e. The molecule has 2 aliphatic rings. The van der Waals surface area contributed by atoms with Gasteiger partial charge in [0.05, 0.1) is 12.7 Å². The van der Waals surface area contributed by atoms with Crippen molar-refractivity contribution in [1.82, 2.24) is 9.80 Å². The van der Waals surface area contributed by atoms with Gasteiger partial charge in [0, 0.05) is 32.1 Å². The zero-order valence-corrected chi connectivity index (χ0v) is 11.0. The second-order valence-corrected chi connectivity index (χ2v) is 5.49. The van der Waals surface area contributed by atoms with Crippen molar-refractivity contribution in [3.05, 3.63) is 0 Å². The van der Waals surface area contributed by atoms with Crippen molar-refractivity contribution in [3.63, 3.8) is 0 Å². The van der Waals surface area contributed by atoms with Crippen molar-refractivity contribution in [2.75, 3.05) is 52.3 Å². The van der Waals surface area contributed by atoms with Crippen molar-refractivity contribution in [2.45, 2.75) is 18.9 Å². The highest BCUT2D eigenvalue weighted by Crippen LogP contribution is 2.18. The second-order valence-electron chi connectivity index (χ2n) is 5.18. The number of hydrogen-bond acceptors (Lipinski definition) is 3. The number of rotatable bonds is 3. The van der Waals surface area contributed by atoms with E-state index in [1.807, 2.05) is 0 Å². The van der Waals surface area contributed by atoms with Gasteiger partial charge in [0.1, 0.15) is 0 Å². The van der Waals surface area contributed by atoms with Crippen molar-refractivity contribution in [1.29, 1.82) is 0 Å². The second kappa shape index (κ2) is 6.20. The Morgan fingerprint density at radius 2 is 2.19 bits per heavy atom. The quantitative estimate of drug-likeness (QED) is 0.698. The number of ether oxygens (including phenoxy) is 1. The van der Waals surface area contributed by atoms with E-state index >= 15 is 0 Å². The van der Waals surface area contributed by atoms with Gasteiger partial charge in [-0.1, -0.05) is 0 Å². The third-order valence-electron chi connectivity index (χ3n) is 3.63. The molecule has 0 amide bonds. The first-order valence-electron chi connectivity index (χ1n) is 6.36. The average molecular weight is 247 g/mol. The minimum absolute atomic E-state index is 0.396. The number of alkyl halides is 1. The minimum Gasteiger partial charge on any atom is -0.374 e. The zero-order chi connectivity index (χ0) is 11.4. The Kier molecular flexibility index (Phi) is 4.89. The minimum atomic E-state index is 0.396. The molecule has 0 saturated carbocycles. The summed E-state index contributed by atoms with van der Waals surface area (Å²) in [7, 11) is 2.17. The van der Waals surface area contributed by atoms with Gasteiger partial charge in [-0.15, -0.1) is 11.6 Å². The molecule has 0 aromatic carbocycles. The van der Waals surface area contributed by atoms with Crippen LogP contribution in [0.1, 0.15) is 12.8 Å². The van der Waals surface area contributed by atoms with E-state index in [1.54, 1.807) is 0 Å². The Balaban J connectivity index is 1.75. The molecule has 0 spiro atoms. The monoisotopic (exact) mass is 246 g/mol. The summed E-state index contributed by atoms with van der Waals surface area (Å²) in [6.45, 7) is 6.48. The van der Waals surface area contributed by atoms with E-state index in [4.69, 9.17) is 16.3 Å². The third kappa shape index (κ3) is 3.59. The Morgan fingerprint density at radius 1 is 1.31 bits per heavy atom. The summed E-state index contributed by atoms with van der Waals surface area (Å²) < 4.78 is 5.80. The normalized spacial score (nSPS) is 34.1. The van der Waals surface area contributed by atoms with E-state index in [1.165, 1.54) is 19.4 Å². The molecular weight excluding hydrogens is 224 g/mol. The van der Waals surface area contributed by atoms with Gasteiger partial charge in [-0.3, -0.25) is 0 Å². The first-order valence-corrected chi connectivity index (χ1v) is 6.90. The van der Waals surface area contributed by atoms with Gasteiger partial charge in [0.25, 0.3) is 0 Å². The molecule has 0 radical (unpaired) electrons. The number of halogens is 1. The highest BCUT2D eigenvalue weighted by molar-refractivity contribution is 6.18. The molecule has 2 heterocycles. The Morgan fingerprint density at radius 3 is 2.94 bits per heavy atom. The molecule has 0 N–H and O–H groups in total. The molecule has 2 atom stereocenters. The number of likely N-dealkylation sites (tertiary alicyclic amines) is 1. The number of nitrogens with zero attached hydrogens (tertiary/aromatic N) is 2. The molecule has 0 aliphatic carbocycles. The van der Waals surface area contributed by atoms with Crippen LogP contribution in [0.4, 0.5) is 0 Å². The SMILES string of the molecule is CN1CCOC(CN2CCCC(CCl)C2)C1. The average Bonchev–Trinajstić information content (AvgIpc) is 2.29. The summed E-state index contributed by atoms with van der Waals surface area (Å²) >= 11 is 5.95. The van der Waals surface area contributed by atoms with E-state index in [2.05, 4.69) is 16.8 Å². The molecule has 0 aromatic rings. The lowest BCUT2D eigenvalue weighted by atomic mass is 10.00. The molecule has 4 heteroatoms. The molecule has 2 unspecified atom stereocenters. The molecule has 2 fully saturated rings. The highest BCUT2D eigenvalue weighted by Gasteiger charge is 2.24. The summed E-state index contributed by atoms with van der Waals surface area (Å²) in [6.07, 6.45) is 2.98. The predicted octanol–water partition coefficient (Wildman–Crippen LogP) is 1.27. The number of hydrogen-bond donors (Lipinski definition) is 0. The molecule has 16 heavy (non-hydrogen) atoms. The van der Waals surface area contributed by atoms with E-state index in [0.29, 0.717) is 12.0 Å². The van der Waals surface area contributed by atoms with Crippen LogP contribution in [0, 0.1) is 5.92 Å². The van der Waals surface area contributed by atoms with Crippen LogP contribution in [0.2, 0.25) is 0 Å². The first-order chi connectivity index (χ1) is 7.78. The van der Waals surface area contributed by atoms with E-state index in [0.717, 1.165) is 38.7 Å². The highest BCUT2D eigenvalue weighted by atomic mass is 35.5. The van der Waals surface area contributed by atoms with Crippen LogP contribution >= 0.6 is 11.6 Å². The maximum Gasteiger partial charge on any atom is 0.0829 e. The van der Waals surface area contributed by atoms with Crippen LogP contribution in [0.5, 0.6) is 0 Å². The van der Waals surface area contributed by atoms with E-state index < -0.39 is 0 Å². The molecule has 3 nitrogen and oxygen atoms in total. The van der Waals surface area contributed by atoms with Crippen molar-refractivity contribution in [3.8, 4) is 0 Å². The van der Waals surface area contributed by atoms with Gasteiger partial charge in [0.15, 0.2) is 0 Å². The first kappa shape index (κ1) is 12.6. The van der Waals surface area contributed by atoms with Crippen LogP contribution in [-0.2, 0) is 4.74 Å². The maximum absolute atomic E-state index is 5.95. The van der Waals surface area contributed by atoms with Gasteiger partial charge < -0.3 is 14.5 Å². The Hall–Kier alpha value is 0.170. The van der Waals surface area contributed by atoms with Crippen LogP contribution < -0.4 is 0 Å². The summed E-state index contributed by atoms with van der Waals surface area (Å²) in [5.74, 6) is 1.50. The molecule has 2 aliphatic heterocycles. The van der Waals surface area contributed by atoms with Gasteiger partial charge >= 0.3 is 0 Å². The molecular formula is C12H23ClN2O. The lowest BCUT2D eigenvalue weighted by Crippen LogP contribution is -2.48. The number of likely N-dealkylation sites (N-methyl/N-ethyl adjacent to an activating group) is 1.